The number of nitrogens with one attached hydrogen (secondary N) is 1. The molecule has 0 bridgehead atoms. The van der Waals surface area contributed by atoms with Crippen LogP contribution in [-0.4, -0.2) is 41.6 Å². The summed E-state index contributed by atoms with van der Waals surface area (Å²) in [6.45, 7) is 5.48. The maximum atomic E-state index is 9.84. The summed E-state index contributed by atoms with van der Waals surface area (Å²) < 4.78 is 5.47. The topological polar surface area (TPSA) is 61.7 Å². The zero-order valence-electron chi connectivity index (χ0n) is 11.5. The summed E-state index contributed by atoms with van der Waals surface area (Å²) in [6.07, 6.45) is 0.0150. The summed E-state index contributed by atoms with van der Waals surface area (Å²) in [7, 11) is 0. The van der Waals surface area contributed by atoms with E-state index in [0.717, 1.165) is 6.42 Å². The van der Waals surface area contributed by atoms with E-state index in [1.54, 1.807) is 11.3 Å². The molecule has 3 atom stereocenters. The van der Waals surface area contributed by atoms with Gasteiger partial charge in [-0.15, -0.1) is 11.3 Å². The van der Waals surface area contributed by atoms with Crippen molar-refractivity contribution in [1.29, 1.82) is 0 Å². The Bertz CT molecular complexity index is 380. The molecule has 0 aromatic carbocycles. The van der Waals surface area contributed by atoms with Gasteiger partial charge in [0, 0.05) is 22.9 Å². The van der Waals surface area contributed by atoms with Gasteiger partial charge in [-0.05, 0) is 17.9 Å². The molecule has 3 unspecified atom stereocenters. The number of rotatable bonds is 7. The van der Waals surface area contributed by atoms with Crippen LogP contribution in [0.1, 0.15) is 25.1 Å². The molecule has 2 rings (SSSR count). The second-order valence-electron chi connectivity index (χ2n) is 5.78. The Labute approximate surface area is 118 Å². The minimum atomic E-state index is -0.506. The molecule has 1 heterocycles. The number of ether oxygens (including phenoxy) is 1. The summed E-state index contributed by atoms with van der Waals surface area (Å²) in [5.41, 5.74) is -0.0997. The van der Waals surface area contributed by atoms with E-state index in [1.807, 2.05) is 31.4 Å². The normalized spacial score (nSPS) is 26.9. The monoisotopic (exact) mass is 285 g/mol. The average molecular weight is 285 g/mol. The van der Waals surface area contributed by atoms with Gasteiger partial charge in [-0.25, -0.2) is 0 Å². The average Bonchev–Trinajstić information content (AvgIpc) is 2.87. The lowest BCUT2D eigenvalue weighted by atomic mass is 9.64. The van der Waals surface area contributed by atoms with E-state index >= 15 is 0 Å². The van der Waals surface area contributed by atoms with Crippen LogP contribution in [0.15, 0.2) is 17.5 Å². The van der Waals surface area contributed by atoms with Gasteiger partial charge in [-0.2, -0.15) is 0 Å². The molecule has 1 fully saturated rings. The molecule has 0 amide bonds. The Morgan fingerprint density at radius 1 is 1.58 bits per heavy atom. The fraction of sp³-hybridized carbons (Fsp3) is 0.714. The van der Waals surface area contributed by atoms with Crippen molar-refractivity contribution in [1.82, 2.24) is 5.32 Å². The summed E-state index contributed by atoms with van der Waals surface area (Å²) in [5.74, 6) is 0. The van der Waals surface area contributed by atoms with Crippen LogP contribution in [0.25, 0.3) is 0 Å². The van der Waals surface area contributed by atoms with Gasteiger partial charge in [-0.3, -0.25) is 0 Å². The molecule has 3 N–H and O–H groups in total. The summed E-state index contributed by atoms with van der Waals surface area (Å²) >= 11 is 1.66. The molecule has 1 aliphatic rings. The predicted molar refractivity (Wildman–Crippen MR) is 76.2 cm³/mol. The molecule has 1 saturated carbocycles. The maximum absolute atomic E-state index is 9.84. The van der Waals surface area contributed by atoms with Gasteiger partial charge in [0.15, 0.2) is 0 Å². The Hall–Kier alpha value is -0.460. The van der Waals surface area contributed by atoms with Gasteiger partial charge >= 0.3 is 0 Å². The standard InChI is InChI=1S/C14H23NO3S/c1-14(2)12(6-13(14)17)15-7-10(16)8-18-9-11-4-3-5-19-11/h3-5,10,12-13,15-17H,6-9H2,1-2H3. The van der Waals surface area contributed by atoms with Gasteiger partial charge in [0.1, 0.15) is 0 Å². The smallest absolute Gasteiger partial charge is 0.0897 e. The van der Waals surface area contributed by atoms with Crippen molar-refractivity contribution in [2.75, 3.05) is 13.2 Å². The maximum Gasteiger partial charge on any atom is 0.0897 e. The molecule has 1 aromatic rings. The summed E-state index contributed by atoms with van der Waals surface area (Å²) in [5, 5.41) is 24.8. The Kier molecular flexibility index (Phi) is 4.97. The van der Waals surface area contributed by atoms with Crippen LogP contribution in [0, 0.1) is 5.41 Å². The van der Waals surface area contributed by atoms with Gasteiger partial charge in [-0.1, -0.05) is 19.9 Å². The summed E-state index contributed by atoms with van der Waals surface area (Å²) in [6, 6.07) is 4.29. The van der Waals surface area contributed by atoms with Crippen molar-refractivity contribution in [3.8, 4) is 0 Å². The van der Waals surface area contributed by atoms with E-state index < -0.39 is 6.10 Å². The third kappa shape index (κ3) is 3.77. The third-order valence-electron chi connectivity index (χ3n) is 3.95. The van der Waals surface area contributed by atoms with Crippen molar-refractivity contribution in [3.63, 3.8) is 0 Å². The number of hydrogen-bond donors (Lipinski definition) is 3. The fourth-order valence-electron chi connectivity index (χ4n) is 2.28. The van der Waals surface area contributed by atoms with Crippen LogP contribution in [0.5, 0.6) is 0 Å². The van der Waals surface area contributed by atoms with Crippen molar-refractivity contribution in [2.24, 2.45) is 5.41 Å². The van der Waals surface area contributed by atoms with Crippen LogP contribution in [0.2, 0.25) is 0 Å². The molecule has 1 aliphatic carbocycles. The van der Waals surface area contributed by atoms with Crippen LogP contribution < -0.4 is 5.32 Å². The van der Waals surface area contributed by atoms with Crippen molar-refractivity contribution < 1.29 is 14.9 Å². The highest BCUT2D eigenvalue weighted by Gasteiger charge is 2.46. The number of hydrogen-bond acceptors (Lipinski definition) is 5. The first-order chi connectivity index (χ1) is 9.00. The van der Waals surface area contributed by atoms with Crippen molar-refractivity contribution in [3.05, 3.63) is 22.4 Å². The fourth-order valence-corrected chi connectivity index (χ4v) is 2.92. The third-order valence-corrected chi connectivity index (χ3v) is 4.80. The van der Waals surface area contributed by atoms with E-state index in [2.05, 4.69) is 5.32 Å². The van der Waals surface area contributed by atoms with Crippen LogP contribution in [-0.2, 0) is 11.3 Å². The molecule has 108 valence electrons. The summed E-state index contributed by atoms with van der Waals surface area (Å²) in [4.78, 5) is 1.17. The molecule has 0 radical (unpaired) electrons. The van der Waals surface area contributed by atoms with Crippen molar-refractivity contribution >= 4 is 11.3 Å². The van der Waals surface area contributed by atoms with Gasteiger partial charge in [0.05, 0.1) is 25.4 Å². The lowest BCUT2D eigenvalue weighted by molar-refractivity contribution is -0.0768. The van der Waals surface area contributed by atoms with E-state index in [0.29, 0.717) is 19.8 Å². The molecular formula is C14H23NO3S. The zero-order chi connectivity index (χ0) is 13.9. The van der Waals surface area contributed by atoms with Crippen molar-refractivity contribution in [2.45, 2.75) is 45.1 Å². The first-order valence-corrected chi connectivity index (χ1v) is 7.57. The second kappa shape index (κ2) is 6.33. The van der Waals surface area contributed by atoms with Crippen LogP contribution in [0.4, 0.5) is 0 Å². The molecule has 0 aliphatic heterocycles. The first kappa shape index (κ1) is 14.9. The van der Waals surface area contributed by atoms with Gasteiger partial charge in [0.25, 0.3) is 0 Å². The van der Waals surface area contributed by atoms with E-state index in [4.69, 9.17) is 4.74 Å². The number of aliphatic hydroxyl groups is 2. The Morgan fingerprint density at radius 2 is 2.37 bits per heavy atom. The van der Waals surface area contributed by atoms with Gasteiger partial charge < -0.3 is 20.3 Å². The highest BCUT2D eigenvalue weighted by Crippen LogP contribution is 2.40. The second-order valence-corrected chi connectivity index (χ2v) is 6.81. The first-order valence-electron chi connectivity index (χ1n) is 6.70. The molecule has 1 aromatic heterocycles. The molecule has 4 nitrogen and oxygen atoms in total. The van der Waals surface area contributed by atoms with E-state index in [-0.39, 0.29) is 17.6 Å². The SMILES string of the molecule is CC1(C)C(O)CC1NCC(O)COCc1cccs1. The zero-order valence-corrected chi connectivity index (χ0v) is 12.3. The lowest BCUT2D eigenvalue weighted by Gasteiger charge is -2.49. The molecular weight excluding hydrogens is 262 g/mol. The Balaban J connectivity index is 1.59. The van der Waals surface area contributed by atoms with E-state index in [1.165, 1.54) is 4.88 Å². The molecule has 0 spiro atoms. The minimum Gasteiger partial charge on any atom is -0.392 e. The van der Waals surface area contributed by atoms with Gasteiger partial charge in [0.2, 0.25) is 0 Å². The molecule has 19 heavy (non-hydrogen) atoms. The number of aliphatic hydroxyl groups excluding tert-OH is 2. The highest BCUT2D eigenvalue weighted by molar-refractivity contribution is 7.09. The van der Waals surface area contributed by atoms with Crippen LogP contribution >= 0.6 is 11.3 Å². The highest BCUT2D eigenvalue weighted by atomic mass is 32.1. The molecule has 5 heteroatoms. The van der Waals surface area contributed by atoms with E-state index in [9.17, 15) is 10.2 Å². The quantitative estimate of drug-likeness (QED) is 0.708. The largest absolute Gasteiger partial charge is 0.392 e. The molecule has 0 saturated heterocycles. The Morgan fingerprint density at radius 3 is 2.95 bits per heavy atom. The number of thiophene rings is 1. The minimum absolute atomic E-state index is 0.0997. The lowest BCUT2D eigenvalue weighted by Crippen LogP contribution is -2.61. The predicted octanol–water partition coefficient (Wildman–Crippen LogP) is 1.37. The van der Waals surface area contributed by atoms with Crippen LogP contribution in [0.3, 0.4) is 0 Å².